The predicted molar refractivity (Wildman–Crippen MR) is 45.2 cm³/mol. The number of hydrogen-bond acceptors (Lipinski definition) is 3. The van der Waals surface area contributed by atoms with Crippen LogP contribution in [0.25, 0.3) is 0 Å². The number of aliphatic hydroxyl groups is 1. The van der Waals surface area contributed by atoms with Gasteiger partial charge >= 0.3 is 0 Å². The third-order valence-electron chi connectivity index (χ3n) is 4.37. The molecule has 3 nitrogen and oxygen atoms in total. The van der Waals surface area contributed by atoms with Crippen molar-refractivity contribution in [1.82, 2.24) is 0 Å². The van der Waals surface area contributed by atoms with Crippen LogP contribution in [-0.4, -0.2) is 28.7 Å². The van der Waals surface area contributed by atoms with Gasteiger partial charge in [0.25, 0.3) is 0 Å². The minimum atomic E-state index is -0.273. The normalized spacial score (nSPS) is 58.8. The van der Waals surface area contributed by atoms with Crippen LogP contribution in [0.1, 0.15) is 32.6 Å². The molecule has 13 heavy (non-hydrogen) atoms. The zero-order chi connectivity index (χ0) is 9.27. The maximum atomic E-state index is 11.4. The number of carbonyl (C=O) groups is 1. The number of hydrogen-bond donors (Lipinski definition) is 1. The summed E-state index contributed by atoms with van der Waals surface area (Å²) in [7, 11) is 0. The summed E-state index contributed by atoms with van der Waals surface area (Å²) in [6.07, 6.45) is 2.58. The smallest absolute Gasteiger partial charge is 0.164 e. The third kappa shape index (κ3) is 0.680. The molecule has 2 aliphatic carbocycles. The van der Waals surface area contributed by atoms with Gasteiger partial charge in [0.05, 0.1) is 6.10 Å². The van der Waals surface area contributed by atoms with Gasteiger partial charge in [0.1, 0.15) is 11.7 Å². The second-order valence-corrected chi connectivity index (χ2v) is 4.83. The van der Waals surface area contributed by atoms with Gasteiger partial charge in [-0.15, -0.1) is 0 Å². The van der Waals surface area contributed by atoms with Gasteiger partial charge in [-0.3, -0.25) is 4.79 Å². The topological polar surface area (TPSA) is 49.8 Å². The van der Waals surface area contributed by atoms with Crippen LogP contribution in [0, 0.1) is 5.41 Å². The molecule has 3 aliphatic rings. The highest BCUT2D eigenvalue weighted by Gasteiger charge is 2.75. The number of Topliss-reactive ketones (excluding diaryl/α,β-unsaturated/α-hetero) is 1. The van der Waals surface area contributed by atoms with Crippen molar-refractivity contribution >= 4 is 5.78 Å². The first-order valence-electron chi connectivity index (χ1n) is 4.99. The number of ether oxygens (including phenoxy) is 1. The molecule has 4 unspecified atom stereocenters. The van der Waals surface area contributed by atoms with Gasteiger partial charge in [0.2, 0.25) is 0 Å². The predicted octanol–water partition coefficient (Wildman–Crippen LogP) is 0.648. The molecule has 0 aromatic carbocycles. The van der Waals surface area contributed by atoms with Crippen molar-refractivity contribution in [3.63, 3.8) is 0 Å². The number of epoxide rings is 1. The number of ketones is 1. The molecule has 1 saturated heterocycles. The Hall–Kier alpha value is -0.410. The molecule has 0 aromatic rings. The fourth-order valence-corrected chi connectivity index (χ4v) is 3.26. The van der Waals surface area contributed by atoms with E-state index >= 15 is 0 Å². The highest BCUT2D eigenvalue weighted by atomic mass is 16.6. The van der Waals surface area contributed by atoms with E-state index in [-0.39, 0.29) is 29.0 Å². The van der Waals surface area contributed by atoms with Gasteiger partial charge in [0, 0.05) is 11.8 Å². The van der Waals surface area contributed by atoms with E-state index in [4.69, 9.17) is 4.74 Å². The number of rotatable bonds is 0. The van der Waals surface area contributed by atoms with Crippen molar-refractivity contribution < 1.29 is 14.6 Å². The average Bonchev–Trinajstić information content (AvgIpc) is 2.80. The van der Waals surface area contributed by atoms with Gasteiger partial charge in [-0.25, -0.2) is 0 Å². The van der Waals surface area contributed by atoms with Crippen molar-refractivity contribution in [2.24, 2.45) is 5.41 Å². The molecule has 3 fully saturated rings. The molecule has 1 heterocycles. The summed E-state index contributed by atoms with van der Waals surface area (Å²) in [5, 5.41) is 9.87. The van der Waals surface area contributed by atoms with Gasteiger partial charge in [-0.05, 0) is 19.3 Å². The van der Waals surface area contributed by atoms with Crippen LogP contribution in [0.2, 0.25) is 0 Å². The molecule has 0 aromatic heterocycles. The molecule has 3 heteroatoms. The second-order valence-electron chi connectivity index (χ2n) is 4.83. The minimum Gasteiger partial charge on any atom is -0.392 e. The molecule has 1 N–H and O–H groups in total. The Morgan fingerprint density at radius 2 is 2.31 bits per heavy atom. The summed E-state index contributed by atoms with van der Waals surface area (Å²) in [5.41, 5.74) is -0.409. The van der Waals surface area contributed by atoms with E-state index in [0.717, 1.165) is 19.3 Å². The lowest BCUT2D eigenvalue weighted by Crippen LogP contribution is -2.44. The molecule has 0 bridgehead atoms. The number of aliphatic hydroxyl groups excluding tert-OH is 1. The van der Waals surface area contributed by atoms with E-state index in [1.807, 2.05) is 0 Å². The first-order chi connectivity index (χ1) is 6.10. The van der Waals surface area contributed by atoms with Gasteiger partial charge in [-0.2, -0.15) is 0 Å². The first kappa shape index (κ1) is 7.94. The van der Waals surface area contributed by atoms with Gasteiger partial charge in [-0.1, -0.05) is 6.92 Å². The largest absolute Gasteiger partial charge is 0.392 e. The number of carbonyl (C=O) groups excluding carboxylic acids is 1. The monoisotopic (exact) mass is 182 g/mol. The molecule has 4 atom stereocenters. The molecule has 1 spiro atoms. The van der Waals surface area contributed by atoms with Crippen LogP contribution in [0.5, 0.6) is 0 Å². The van der Waals surface area contributed by atoms with E-state index in [1.54, 1.807) is 0 Å². The molecule has 0 amide bonds. The van der Waals surface area contributed by atoms with Crippen LogP contribution in [0.3, 0.4) is 0 Å². The molecule has 2 saturated carbocycles. The molecular formula is C10H14O3. The van der Waals surface area contributed by atoms with Crippen LogP contribution in [0.15, 0.2) is 0 Å². The SMILES string of the molecule is CC12CCC(=O)C3OC31CCC2O. The van der Waals surface area contributed by atoms with Gasteiger partial charge < -0.3 is 9.84 Å². The van der Waals surface area contributed by atoms with Crippen LogP contribution >= 0.6 is 0 Å². The maximum Gasteiger partial charge on any atom is 0.164 e. The Morgan fingerprint density at radius 1 is 1.54 bits per heavy atom. The highest BCUT2D eigenvalue weighted by Crippen LogP contribution is 2.65. The van der Waals surface area contributed by atoms with Gasteiger partial charge in [0.15, 0.2) is 5.78 Å². The lowest BCUT2D eigenvalue weighted by atomic mass is 9.68. The highest BCUT2D eigenvalue weighted by molar-refractivity contribution is 5.88. The zero-order valence-electron chi connectivity index (χ0n) is 7.75. The van der Waals surface area contributed by atoms with Crippen molar-refractivity contribution in [2.45, 2.75) is 50.4 Å². The third-order valence-corrected chi connectivity index (χ3v) is 4.37. The minimum absolute atomic E-state index is 0.147. The molecule has 3 rings (SSSR count). The van der Waals surface area contributed by atoms with Crippen molar-refractivity contribution in [3.05, 3.63) is 0 Å². The van der Waals surface area contributed by atoms with Crippen LogP contribution in [0.4, 0.5) is 0 Å². The summed E-state index contributed by atoms with van der Waals surface area (Å²) in [5.74, 6) is 0.242. The fourth-order valence-electron chi connectivity index (χ4n) is 3.26. The molecule has 0 radical (unpaired) electrons. The summed E-state index contributed by atoms with van der Waals surface area (Å²) in [6.45, 7) is 2.07. The van der Waals surface area contributed by atoms with E-state index in [9.17, 15) is 9.90 Å². The summed E-state index contributed by atoms with van der Waals surface area (Å²) < 4.78 is 5.57. The van der Waals surface area contributed by atoms with Crippen LogP contribution < -0.4 is 0 Å². The lowest BCUT2D eigenvalue weighted by molar-refractivity contribution is -0.122. The molecule has 1 aliphatic heterocycles. The van der Waals surface area contributed by atoms with E-state index < -0.39 is 0 Å². The molecule has 72 valence electrons. The summed E-state index contributed by atoms with van der Waals surface area (Å²) >= 11 is 0. The quantitative estimate of drug-likeness (QED) is 0.559. The van der Waals surface area contributed by atoms with E-state index in [1.165, 1.54) is 0 Å². The average molecular weight is 182 g/mol. The second kappa shape index (κ2) is 1.98. The Bertz CT molecular complexity index is 288. The zero-order valence-corrected chi connectivity index (χ0v) is 7.75. The standard InChI is InChI=1S/C10H14O3/c1-9-4-2-6(11)8-10(9,13-8)5-3-7(9)12/h7-8,12H,2-5H2,1H3. The Kier molecular flexibility index (Phi) is 1.21. The maximum absolute atomic E-state index is 11.4. The molecular weight excluding hydrogens is 168 g/mol. The fraction of sp³-hybridized carbons (Fsp3) is 0.900. The van der Waals surface area contributed by atoms with E-state index in [0.29, 0.717) is 6.42 Å². The van der Waals surface area contributed by atoms with Crippen LogP contribution in [-0.2, 0) is 9.53 Å². The van der Waals surface area contributed by atoms with Crippen molar-refractivity contribution in [1.29, 1.82) is 0 Å². The first-order valence-corrected chi connectivity index (χ1v) is 4.99. The van der Waals surface area contributed by atoms with E-state index in [2.05, 4.69) is 6.92 Å². The Balaban J connectivity index is 2.02. The lowest BCUT2D eigenvalue weighted by Gasteiger charge is -2.35. The Labute approximate surface area is 77.1 Å². The van der Waals surface area contributed by atoms with Crippen molar-refractivity contribution in [3.8, 4) is 0 Å². The Morgan fingerprint density at radius 3 is 3.08 bits per heavy atom. The summed E-state index contributed by atoms with van der Waals surface area (Å²) in [4.78, 5) is 11.4. The summed E-state index contributed by atoms with van der Waals surface area (Å²) in [6, 6.07) is 0. The van der Waals surface area contributed by atoms with Crippen molar-refractivity contribution in [2.75, 3.05) is 0 Å².